The topological polar surface area (TPSA) is 122 Å². The van der Waals surface area contributed by atoms with Gasteiger partial charge in [0, 0.05) is 11.5 Å². The lowest BCUT2D eigenvalue weighted by atomic mass is 9.80. The fraction of sp³-hybridized carbons (Fsp3) is 0.417. The van der Waals surface area contributed by atoms with Crippen molar-refractivity contribution < 1.29 is 24.7 Å². The standard InChI is InChI=1S/C12H14N2O6/c1-12(2)5-20-11(17)13-10(12)6-3-7(14(18)19)9(16)8(15)4-6/h3-4,10,15-16H,5H2,1-2H3,(H,13,17)/t10-/m1/s1. The summed E-state index contributed by atoms with van der Waals surface area (Å²) < 4.78 is 4.88. The van der Waals surface area contributed by atoms with Crippen LogP contribution in [0.3, 0.4) is 0 Å². The molecule has 1 amide bonds. The molecule has 8 nitrogen and oxygen atoms in total. The van der Waals surface area contributed by atoms with Crippen LogP contribution in [-0.4, -0.2) is 27.8 Å². The number of nitro benzene ring substituents is 1. The molecule has 0 bridgehead atoms. The highest BCUT2D eigenvalue weighted by Gasteiger charge is 2.39. The first-order chi connectivity index (χ1) is 9.22. The van der Waals surface area contributed by atoms with E-state index in [2.05, 4.69) is 5.32 Å². The summed E-state index contributed by atoms with van der Waals surface area (Å²) in [6.07, 6.45) is -0.635. The van der Waals surface area contributed by atoms with Crippen LogP contribution in [0, 0.1) is 15.5 Å². The van der Waals surface area contributed by atoms with Crippen molar-refractivity contribution in [2.24, 2.45) is 5.41 Å². The molecule has 0 saturated carbocycles. The third kappa shape index (κ3) is 2.31. The molecule has 8 heteroatoms. The van der Waals surface area contributed by atoms with E-state index in [0.717, 1.165) is 6.07 Å². The van der Waals surface area contributed by atoms with E-state index in [1.165, 1.54) is 6.07 Å². The summed E-state index contributed by atoms with van der Waals surface area (Å²) in [4.78, 5) is 21.4. The number of nitrogens with one attached hydrogen (secondary N) is 1. The molecule has 1 fully saturated rings. The predicted octanol–water partition coefficient (Wildman–Crippen LogP) is 1.81. The van der Waals surface area contributed by atoms with E-state index >= 15 is 0 Å². The maximum atomic E-state index is 11.3. The molecular weight excluding hydrogens is 268 g/mol. The second-order valence-electron chi connectivity index (χ2n) is 5.31. The molecule has 0 radical (unpaired) electrons. The van der Waals surface area contributed by atoms with Crippen LogP contribution >= 0.6 is 0 Å². The minimum absolute atomic E-state index is 0.138. The quantitative estimate of drug-likeness (QED) is 0.432. The van der Waals surface area contributed by atoms with E-state index in [4.69, 9.17) is 4.74 Å². The summed E-state index contributed by atoms with van der Waals surface area (Å²) in [5.41, 5.74) is -0.809. The van der Waals surface area contributed by atoms with Crippen molar-refractivity contribution in [2.45, 2.75) is 19.9 Å². The van der Waals surface area contributed by atoms with Crippen molar-refractivity contribution in [1.82, 2.24) is 5.32 Å². The van der Waals surface area contributed by atoms with E-state index in [1.807, 2.05) is 13.8 Å². The molecule has 0 unspecified atom stereocenters. The smallest absolute Gasteiger partial charge is 0.407 e. The van der Waals surface area contributed by atoms with Gasteiger partial charge in [-0.05, 0) is 11.6 Å². The number of amides is 1. The third-order valence-corrected chi connectivity index (χ3v) is 3.24. The van der Waals surface area contributed by atoms with Crippen molar-refractivity contribution >= 4 is 11.8 Å². The molecule has 0 spiro atoms. The summed E-state index contributed by atoms with van der Waals surface area (Å²) in [5, 5.41) is 32.5. The van der Waals surface area contributed by atoms with Crippen LogP contribution in [0.25, 0.3) is 0 Å². The monoisotopic (exact) mass is 282 g/mol. The normalized spacial score (nSPS) is 20.9. The molecule has 1 aromatic carbocycles. The number of phenols is 2. The van der Waals surface area contributed by atoms with Gasteiger partial charge < -0.3 is 20.3 Å². The molecule has 0 aliphatic carbocycles. The molecule has 1 saturated heterocycles. The van der Waals surface area contributed by atoms with Gasteiger partial charge in [0.2, 0.25) is 5.75 Å². The van der Waals surface area contributed by atoms with Gasteiger partial charge in [0.25, 0.3) is 0 Å². The van der Waals surface area contributed by atoms with Crippen molar-refractivity contribution in [2.75, 3.05) is 6.61 Å². The first kappa shape index (κ1) is 13.9. The number of alkyl carbamates (subject to hydrolysis) is 1. The van der Waals surface area contributed by atoms with Gasteiger partial charge in [0.15, 0.2) is 5.75 Å². The van der Waals surface area contributed by atoms with Gasteiger partial charge in [-0.1, -0.05) is 13.8 Å². The molecule has 1 aliphatic heterocycles. The van der Waals surface area contributed by atoms with Crippen molar-refractivity contribution in [3.63, 3.8) is 0 Å². The maximum absolute atomic E-state index is 11.3. The number of hydrogen-bond donors (Lipinski definition) is 3. The number of hydrogen-bond acceptors (Lipinski definition) is 6. The molecule has 1 aliphatic rings. The Morgan fingerprint density at radius 2 is 2.10 bits per heavy atom. The number of nitro groups is 1. The number of phenolic OH excluding ortho intramolecular Hbond substituents is 2. The maximum Gasteiger partial charge on any atom is 0.407 e. The third-order valence-electron chi connectivity index (χ3n) is 3.24. The molecule has 2 rings (SSSR count). The lowest BCUT2D eigenvalue weighted by molar-refractivity contribution is -0.386. The van der Waals surface area contributed by atoms with Crippen molar-refractivity contribution in [3.8, 4) is 11.5 Å². The molecule has 3 N–H and O–H groups in total. The molecular formula is C12H14N2O6. The number of benzene rings is 1. The Labute approximate surface area is 114 Å². The van der Waals surface area contributed by atoms with Gasteiger partial charge in [-0.3, -0.25) is 10.1 Å². The Hall–Kier alpha value is -2.51. The van der Waals surface area contributed by atoms with Crippen molar-refractivity contribution in [3.05, 3.63) is 27.8 Å². The summed E-state index contributed by atoms with van der Waals surface area (Å²) in [6, 6.07) is 1.75. The summed E-state index contributed by atoms with van der Waals surface area (Å²) in [5.74, 6) is -1.40. The Morgan fingerprint density at radius 1 is 1.45 bits per heavy atom. The van der Waals surface area contributed by atoms with E-state index in [0.29, 0.717) is 5.56 Å². The largest absolute Gasteiger partial charge is 0.504 e. The number of nitrogens with zero attached hydrogens (tertiary/aromatic N) is 1. The number of carbonyl (C=O) groups excluding carboxylic acids is 1. The SMILES string of the molecule is CC1(C)COC(=O)N[C@@H]1c1cc(O)c(O)c([N+](=O)[O-])c1. The van der Waals surface area contributed by atoms with E-state index in [1.54, 1.807) is 0 Å². The Kier molecular flexibility index (Phi) is 3.16. The number of carbonyl (C=O) groups is 1. The van der Waals surface area contributed by atoms with Gasteiger partial charge >= 0.3 is 11.8 Å². The zero-order valence-electron chi connectivity index (χ0n) is 10.9. The lowest BCUT2D eigenvalue weighted by Crippen LogP contribution is -2.46. The van der Waals surface area contributed by atoms with Crippen molar-refractivity contribution in [1.29, 1.82) is 0 Å². The zero-order valence-corrected chi connectivity index (χ0v) is 10.9. The van der Waals surface area contributed by atoms with Crippen LogP contribution in [0.1, 0.15) is 25.5 Å². The lowest BCUT2D eigenvalue weighted by Gasteiger charge is -2.38. The van der Waals surface area contributed by atoms with Crippen LogP contribution in [-0.2, 0) is 4.74 Å². The summed E-state index contributed by atoms with van der Waals surface area (Å²) in [7, 11) is 0. The Bertz CT molecular complexity index is 584. The Balaban J connectivity index is 2.51. The second kappa shape index (κ2) is 4.55. The first-order valence-electron chi connectivity index (χ1n) is 5.86. The molecule has 1 atom stereocenters. The van der Waals surface area contributed by atoms with Crippen LogP contribution < -0.4 is 5.32 Å². The number of aromatic hydroxyl groups is 2. The number of ether oxygens (including phenoxy) is 1. The molecule has 1 heterocycles. The van der Waals surface area contributed by atoms with E-state index in [-0.39, 0.29) is 6.61 Å². The van der Waals surface area contributed by atoms with Crippen LogP contribution in [0.2, 0.25) is 0 Å². The highest BCUT2D eigenvalue weighted by Crippen LogP contribution is 2.43. The minimum atomic E-state index is -0.799. The van der Waals surface area contributed by atoms with Gasteiger partial charge in [0.1, 0.15) is 6.61 Å². The van der Waals surface area contributed by atoms with E-state index < -0.39 is 39.7 Å². The predicted molar refractivity (Wildman–Crippen MR) is 67.4 cm³/mol. The molecule has 0 aromatic heterocycles. The van der Waals surface area contributed by atoms with Crippen LogP contribution in [0.4, 0.5) is 10.5 Å². The highest BCUT2D eigenvalue weighted by atomic mass is 16.6. The molecule has 108 valence electrons. The minimum Gasteiger partial charge on any atom is -0.504 e. The van der Waals surface area contributed by atoms with Crippen LogP contribution in [0.15, 0.2) is 12.1 Å². The second-order valence-corrected chi connectivity index (χ2v) is 5.31. The van der Waals surface area contributed by atoms with Gasteiger partial charge in [-0.2, -0.15) is 0 Å². The summed E-state index contributed by atoms with van der Waals surface area (Å²) in [6.45, 7) is 3.76. The first-order valence-corrected chi connectivity index (χ1v) is 5.86. The van der Waals surface area contributed by atoms with Crippen LogP contribution in [0.5, 0.6) is 11.5 Å². The fourth-order valence-corrected chi connectivity index (χ4v) is 2.16. The molecule has 1 aromatic rings. The van der Waals surface area contributed by atoms with Gasteiger partial charge in [0.05, 0.1) is 11.0 Å². The number of cyclic esters (lactones) is 1. The van der Waals surface area contributed by atoms with Gasteiger partial charge in [-0.15, -0.1) is 0 Å². The Morgan fingerprint density at radius 3 is 2.70 bits per heavy atom. The molecule has 20 heavy (non-hydrogen) atoms. The number of rotatable bonds is 2. The van der Waals surface area contributed by atoms with Gasteiger partial charge in [-0.25, -0.2) is 4.79 Å². The fourth-order valence-electron chi connectivity index (χ4n) is 2.16. The average molecular weight is 282 g/mol. The highest BCUT2D eigenvalue weighted by molar-refractivity contribution is 5.69. The van der Waals surface area contributed by atoms with E-state index in [9.17, 15) is 25.1 Å². The average Bonchev–Trinajstić information content (AvgIpc) is 2.35. The zero-order chi connectivity index (χ0) is 15.1. The summed E-state index contributed by atoms with van der Waals surface area (Å²) >= 11 is 0.